The lowest BCUT2D eigenvalue weighted by Crippen LogP contribution is -2.02. The molecule has 0 bridgehead atoms. The lowest BCUT2D eigenvalue weighted by atomic mass is 9.99. The molecule has 0 aliphatic rings. The van der Waals surface area contributed by atoms with E-state index in [1.165, 1.54) is 36.5 Å². The molecule has 0 saturated heterocycles. The second kappa shape index (κ2) is 14.2. The van der Waals surface area contributed by atoms with Crippen LogP contribution in [-0.4, -0.2) is 29.1 Å². The van der Waals surface area contributed by atoms with Gasteiger partial charge in [-0.3, -0.25) is 14.5 Å². The van der Waals surface area contributed by atoms with Crippen molar-refractivity contribution < 1.29 is 0 Å². The Morgan fingerprint density at radius 2 is 1.05 bits per heavy atom. The van der Waals surface area contributed by atoms with Gasteiger partial charge in [-0.05, 0) is 77.9 Å². The van der Waals surface area contributed by atoms with Crippen LogP contribution in [0.1, 0.15) is 0 Å². The smallest absolute Gasteiger partial charge is 0.162 e. The van der Waals surface area contributed by atoms with E-state index in [1.54, 1.807) is 11.3 Å². The second-order valence-electron chi connectivity index (χ2n) is 15.9. The van der Waals surface area contributed by atoms with E-state index in [0.29, 0.717) is 5.82 Å². The third-order valence-corrected chi connectivity index (χ3v) is 13.4. The normalized spacial score (nSPS) is 11.8. The summed E-state index contributed by atoms with van der Waals surface area (Å²) in [5.74, 6) is 1.49. The molecule has 6 aromatic heterocycles. The van der Waals surface area contributed by atoms with E-state index in [9.17, 15) is 0 Å². The summed E-state index contributed by atoms with van der Waals surface area (Å²) >= 11 is 1.79. The highest BCUT2D eigenvalue weighted by Gasteiger charge is 2.19. The lowest BCUT2D eigenvalue weighted by molar-refractivity contribution is 1.05. The van der Waals surface area contributed by atoms with Crippen molar-refractivity contribution in [3.63, 3.8) is 0 Å². The summed E-state index contributed by atoms with van der Waals surface area (Å²) < 4.78 is 7.11. The van der Waals surface area contributed by atoms with E-state index < -0.39 is 0 Å². The Kier molecular flexibility index (Phi) is 7.98. The Balaban J connectivity index is 0.942. The molecule has 0 aliphatic carbocycles. The maximum absolute atomic E-state index is 5.25. The van der Waals surface area contributed by atoms with Gasteiger partial charge in [-0.25, -0.2) is 9.97 Å². The van der Waals surface area contributed by atoms with Crippen molar-refractivity contribution in [3.8, 4) is 56.4 Å². The van der Waals surface area contributed by atoms with Crippen LogP contribution in [0, 0.1) is 0 Å². The van der Waals surface area contributed by atoms with Crippen LogP contribution in [0.2, 0.25) is 0 Å². The number of benzene rings is 7. The van der Waals surface area contributed by atoms with E-state index in [0.717, 1.165) is 78.0 Å². The van der Waals surface area contributed by atoms with Gasteiger partial charge in [-0.15, -0.1) is 11.3 Å². The Bertz CT molecular complexity index is 3860. The van der Waals surface area contributed by atoms with Crippen molar-refractivity contribution in [2.75, 3.05) is 0 Å². The number of fused-ring (bicyclic) bond motifs is 9. The molecule has 63 heavy (non-hydrogen) atoms. The van der Waals surface area contributed by atoms with Crippen LogP contribution in [0.3, 0.4) is 0 Å². The number of pyridine rings is 2. The first kappa shape index (κ1) is 35.5. The highest BCUT2D eigenvalue weighted by molar-refractivity contribution is 7.25. The second-order valence-corrected chi connectivity index (χ2v) is 17.0. The highest BCUT2D eigenvalue weighted by Crippen LogP contribution is 2.40. The molecule has 13 rings (SSSR count). The van der Waals surface area contributed by atoms with Crippen molar-refractivity contribution in [2.24, 2.45) is 0 Å². The zero-order valence-electron chi connectivity index (χ0n) is 33.7. The molecule has 7 aromatic carbocycles. The fourth-order valence-electron chi connectivity index (χ4n) is 9.33. The first-order chi connectivity index (χ1) is 31.2. The molecule has 7 heteroatoms. The first-order valence-electron chi connectivity index (χ1n) is 21.0. The number of hydrogen-bond donors (Lipinski definition) is 0. The largest absolute Gasteiger partial charge is 0.309 e. The van der Waals surface area contributed by atoms with Crippen LogP contribution in [0.5, 0.6) is 0 Å². The molecule has 6 nitrogen and oxygen atoms in total. The Morgan fingerprint density at radius 3 is 1.86 bits per heavy atom. The highest BCUT2D eigenvalue weighted by atomic mass is 32.1. The number of nitrogens with zero attached hydrogens (tertiary/aromatic N) is 6. The van der Waals surface area contributed by atoms with E-state index in [-0.39, 0.29) is 0 Å². The Labute approximate surface area is 365 Å². The van der Waals surface area contributed by atoms with Gasteiger partial charge in [-0.1, -0.05) is 115 Å². The maximum atomic E-state index is 5.25. The molecule has 0 fully saturated rings. The van der Waals surface area contributed by atoms with Crippen LogP contribution < -0.4 is 0 Å². The number of para-hydroxylation sites is 2. The summed E-state index contributed by atoms with van der Waals surface area (Å²) in [5.41, 5.74) is 13.8. The fourth-order valence-corrected chi connectivity index (χ4v) is 10.4. The van der Waals surface area contributed by atoms with Gasteiger partial charge in [-0.2, -0.15) is 0 Å². The predicted octanol–water partition coefficient (Wildman–Crippen LogP) is 14.5. The molecule has 0 atom stereocenters. The zero-order valence-corrected chi connectivity index (χ0v) is 34.5. The van der Waals surface area contributed by atoms with Gasteiger partial charge < -0.3 is 4.57 Å². The van der Waals surface area contributed by atoms with Crippen LogP contribution in [0.4, 0.5) is 0 Å². The summed E-state index contributed by atoms with van der Waals surface area (Å²) in [6, 6.07) is 66.6. The average Bonchev–Trinajstić information content (AvgIpc) is 4.01. The number of rotatable bonds is 6. The van der Waals surface area contributed by atoms with Gasteiger partial charge in [0, 0.05) is 84.2 Å². The molecule has 0 radical (unpaired) electrons. The number of aromatic nitrogens is 6. The predicted molar refractivity (Wildman–Crippen MR) is 261 cm³/mol. The minimum atomic E-state index is 0.681. The maximum Gasteiger partial charge on any atom is 0.162 e. The SMILES string of the molecule is c1ccc(-c2cc(-n3c4ccccc4c4ccc(-c5cncc(-c6ccc7c(c6)c6ccccc6n7-c6ccc7sc8cccnc8c7c6)c5)cc43)nc(-c3ccccc3)n2)cc1. The molecule has 0 aliphatic heterocycles. The molecule has 0 spiro atoms. The number of thiophene rings is 1. The van der Waals surface area contributed by atoms with Crippen LogP contribution in [0.15, 0.2) is 207 Å². The van der Waals surface area contributed by atoms with E-state index in [1.807, 2.05) is 48.9 Å². The molecular weight excluding hydrogens is 789 g/mol. The minimum Gasteiger partial charge on any atom is -0.309 e. The fraction of sp³-hybridized carbons (Fsp3) is 0. The van der Waals surface area contributed by atoms with E-state index in [4.69, 9.17) is 19.9 Å². The van der Waals surface area contributed by atoms with Gasteiger partial charge in [0.05, 0.1) is 38.0 Å². The minimum absolute atomic E-state index is 0.681. The van der Waals surface area contributed by atoms with E-state index in [2.05, 4.69) is 167 Å². The van der Waals surface area contributed by atoms with Crippen molar-refractivity contribution in [1.82, 2.24) is 29.1 Å². The lowest BCUT2D eigenvalue weighted by Gasteiger charge is -2.13. The monoisotopic (exact) mass is 822 g/mol. The summed E-state index contributed by atoms with van der Waals surface area (Å²) in [6.07, 6.45) is 5.82. The van der Waals surface area contributed by atoms with Gasteiger partial charge in [0.25, 0.3) is 0 Å². The van der Waals surface area contributed by atoms with E-state index >= 15 is 0 Å². The summed E-state index contributed by atoms with van der Waals surface area (Å²) in [7, 11) is 0. The third kappa shape index (κ3) is 5.78. The summed E-state index contributed by atoms with van der Waals surface area (Å²) in [4.78, 5) is 19.9. The molecule has 13 aromatic rings. The van der Waals surface area contributed by atoms with Crippen molar-refractivity contribution in [2.45, 2.75) is 0 Å². The first-order valence-corrected chi connectivity index (χ1v) is 21.8. The molecule has 0 N–H and O–H groups in total. The Morgan fingerprint density at radius 1 is 0.381 bits per heavy atom. The average molecular weight is 823 g/mol. The summed E-state index contributed by atoms with van der Waals surface area (Å²) in [5, 5.41) is 5.91. The van der Waals surface area contributed by atoms with Crippen LogP contribution in [0.25, 0.3) is 120 Å². The molecular formula is C56H34N6S. The van der Waals surface area contributed by atoms with Crippen LogP contribution in [-0.2, 0) is 0 Å². The molecule has 294 valence electrons. The zero-order chi connectivity index (χ0) is 41.4. The third-order valence-electron chi connectivity index (χ3n) is 12.3. The van der Waals surface area contributed by atoms with Gasteiger partial charge in [0.1, 0.15) is 5.82 Å². The number of hydrogen-bond acceptors (Lipinski definition) is 5. The molecule has 0 saturated carbocycles. The molecule has 0 amide bonds. The topological polar surface area (TPSA) is 61.4 Å². The molecule has 0 unspecified atom stereocenters. The van der Waals surface area contributed by atoms with Crippen molar-refractivity contribution in [1.29, 1.82) is 0 Å². The Hall–Kier alpha value is -8.26. The van der Waals surface area contributed by atoms with Gasteiger partial charge in [0.2, 0.25) is 0 Å². The standard InChI is InChI=1S/C56H34N6S/c1-3-12-35(13-4-1)47-32-54(60-56(59-47)36-14-5-2-6-15-36)62-49-19-10-7-16-42(49)44-24-21-38(30-51(44)62)40-28-39(33-57-34-40)37-22-25-50-45(29-37)43-17-8-9-18-48(43)61(50)41-23-26-52-46(31-41)55-53(63-52)20-11-27-58-55/h1-34H. The van der Waals surface area contributed by atoms with Gasteiger partial charge >= 0.3 is 0 Å². The quantitative estimate of drug-likeness (QED) is 0.168. The van der Waals surface area contributed by atoms with Crippen LogP contribution >= 0.6 is 11.3 Å². The van der Waals surface area contributed by atoms with Crippen molar-refractivity contribution >= 4 is 75.3 Å². The van der Waals surface area contributed by atoms with Crippen molar-refractivity contribution in [3.05, 3.63) is 207 Å². The summed E-state index contributed by atoms with van der Waals surface area (Å²) in [6.45, 7) is 0. The van der Waals surface area contributed by atoms with Gasteiger partial charge in [0.15, 0.2) is 5.82 Å². The molecule has 6 heterocycles.